The molecule has 0 saturated carbocycles. The summed E-state index contributed by atoms with van der Waals surface area (Å²) < 4.78 is 58.5. The van der Waals surface area contributed by atoms with Crippen LogP contribution >= 0.6 is 0 Å². The zero-order valence-electron chi connectivity index (χ0n) is 19.8. The highest BCUT2D eigenvalue weighted by atomic mass is 19.4. The molecule has 8 nitrogen and oxygen atoms in total. The van der Waals surface area contributed by atoms with Crippen LogP contribution in [0.15, 0.2) is 24.4 Å². The molecule has 194 valence electrons. The number of benzene rings is 1. The van der Waals surface area contributed by atoms with Crippen LogP contribution in [0.5, 0.6) is 0 Å². The molecule has 0 bridgehead atoms. The summed E-state index contributed by atoms with van der Waals surface area (Å²) in [6, 6.07) is 2.52. The molecule has 1 aromatic heterocycles. The van der Waals surface area contributed by atoms with Gasteiger partial charge in [0, 0.05) is 38.4 Å². The molecular weight excluding hydrogens is 480 g/mol. The van der Waals surface area contributed by atoms with Crippen molar-refractivity contribution in [2.24, 2.45) is 0 Å². The summed E-state index contributed by atoms with van der Waals surface area (Å²) in [6.45, 7) is 3.12. The average molecular weight is 509 g/mol. The Balaban J connectivity index is 1.26. The Kier molecular flexibility index (Phi) is 6.73. The molecule has 12 heteroatoms. The van der Waals surface area contributed by atoms with E-state index < -0.39 is 17.6 Å². The van der Waals surface area contributed by atoms with Crippen molar-refractivity contribution >= 4 is 12.0 Å². The summed E-state index contributed by atoms with van der Waals surface area (Å²) in [7, 11) is 1.86. The topological polar surface area (TPSA) is 82.6 Å². The first-order chi connectivity index (χ1) is 17.2. The van der Waals surface area contributed by atoms with Gasteiger partial charge in [0.15, 0.2) is 0 Å². The van der Waals surface area contributed by atoms with Crippen molar-refractivity contribution < 1.29 is 27.1 Å². The van der Waals surface area contributed by atoms with Crippen LogP contribution in [-0.2, 0) is 23.9 Å². The van der Waals surface area contributed by atoms with E-state index in [0.29, 0.717) is 57.3 Å². The molecule has 2 fully saturated rings. The minimum absolute atomic E-state index is 0.164. The smallest absolute Gasteiger partial charge is 0.379 e. The van der Waals surface area contributed by atoms with Crippen molar-refractivity contribution in [2.45, 2.75) is 43.6 Å². The Labute approximate surface area is 206 Å². The SMILES string of the molecule is CN1CC(NC(=O)N2CCc3cnc(NC4CCOC4)nc3C2)C(c2ccc(C(F)(F)F)c(F)c2)C1. The highest BCUT2D eigenvalue weighted by molar-refractivity contribution is 5.75. The molecule has 3 aliphatic heterocycles. The first-order valence-corrected chi connectivity index (χ1v) is 12.0. The number of carbonyl (C=O) groups excluding carboxylic acids is 1. The van der Waals surface area contributed by atoms with Gasteiger partial charge >= 0.3 is 12.2 Å². The van der Waals surface area contributed by atoms with Crippen LogP contribution in [-0.4, -0.2) is 77.8 Å². The van der Waals surface area contributed by atoms with Gasteiger partial charge in [-0.05, 0) is 43.1 Å². The zero-order chi connectivity index (χ0) is 25.4. The normalized spacial score (nSPS) is 24.6. The molecule has 2 N–H and O–H groups in total. The lowest BCUT2D eigenvalue weighted by Gasteiger charge is -2.30. The Morgan fingerprint density at radius 1 is 1.25 bits per heavy atom. The van der Waals surface area contributed by atoms with Gasteiger partial charge in [-0.1, -0.05) is 6.07 Å². The molecule has 0 aliphatic carbocycles. The molecule has 4 heterocycles. The van der Waals surface area contributed by atoms with Crippen molar-refractivity contribution in [2.75, 3.05) is 45.2 Å². The number of nitrogens with one attached hydrogen (secondary N) is 2. The second-order valence-electron chi connectivity index (χ2n) is 9.66. The molecule has 3 atom stereocenters. The lowest BCUT2D eigenvalue weighted by atomic mass is 9.93. The number of rotatable bonds is 4. The van der Waals surface area contributed by atoms with Gasteiger partial charge in [-0.25, -0.2) is 19.2 Å². The predicted octanol–water partition coefficient (Wildman–Crippen LogP) is 3.00. The molecule has 5 rings (SSSR count). The van der Waals surface area contributed by atoms with Crippen LogP contribution in [0.25, 0.3) is 0 Å². The molecule has 1 aromatic carbocycles. The number of aromatic nitrogens is 2. The van der Waals surface area contributed by atoms with Gasteiger partial charge in [-0.3, -0.25) is 0 Å². The van der Waals surface area contributed by atoms with Crippen molar-refractivity contribution in [3.8, 4) is 0 Å². The first-order valence-electron chi connectivity index (χ1n) is 12.0. The second kappa shape index (κ2) is 9.81. The maximum absolute atomic E-state index is 14.2. The summed E-state index contributed by atoms with van der Waals surface area (Å²) in [5.41, 5.74) is 0.906. The van der Waals surface area contributed by atoms with E-state index in [-0.39, 0.29) is 24.0 Å². The molecule has 2 saturated heterocycles. The Morgan fingerprint density at radius 3 is 2.81 bits per heavy atom. The summed E-state index contributed by atoms with van der Waals surface area (Å²) in [4.78, 5) is 25.8. The molecule has 0 radical (unpaired) electrons. The van der Waals surface area contributed by atoms with Crippen molar-refractivity contribution in [1.82, 2.24) is 25.1 Å². The summed E-state index contributed by atoms with van der Waals surface area (Å²) >= 11 is 0. The fraction of sp³-hybridized carbons (Fsp3) is 0.542. The number of fused-ring (bicyclic) bond motifs is 1. The van der Waals surface area contributed by atoms with E-state index in [4.69, 9.17) is 4.74 Å². The van der Waals surface area contributed by atoms with Gasteiger partial charge in [-0.15, -0.1) is 0 Å². The number of urea groups is 1. The maximum atomic E-state index is 14.2. The van der Waals surface area contributed by atoms with Gasteiger partial charge < -0.3 is 25.2 Å². The van der Waals surface area contributed by atoms with E-state index in [0.717, 1.165) is 29.8 Å². The largest absolute Gasteiger partial charge is 0.419 e. The minimum Gasteiger partial charge on any atom is -0.379 e. The molecule has 36 heavy (non-hydrogen) atoms. The number of carbonyl (C=O) groups is 1. The number of hydrogen-bond donors (Lipinski definition) is 2. The lowest BCUT2D eigenvalue weighted by Crippen LogP contribution is -2.49. The van der Waals surface area contributed by atoms with E-state index in [2.05, 4.69) is 20.6 Å². The maximum Gasteiger partial charge on any atom is 0.419 e. The monoisotopic (exact) mass is 508 g/mol. The van der Waals surface area contributed by atoms with Crippen LogP contribution in [0.4, 0.5) is 28.3 Å². The Hall–Kier alpha value is -2.99. The number of anilines is 1. The van der Waals surface area contributed by atoms with Crippen molar-refractivity contribution in [3.63, 3.8) is 0 Å². The summed E-state index contributed by atoms with van der Waals surface area (Å²) in [6.07, 6.45) is -1.46. The fourth-order valence-corrected chi connectivity index (χ4v) is 5.10. The molecule has 0 spiro atoms. The summed E-state index contributed by atoms with van der Waals surface area (Å²) in [5.74, 6) is -1.13. The zero-order valence-corrected chi connectivity index (χ0v) is 19.8. The fourth-order valence-electron chi connectivity index (χ4n) is 5.10. The van der Waals surface area contributed by atoms with E-state index in [1.807, 2.05) is 11.9 Å². The number of nitrogens with zero attached hydrogens (tertiary/aromatic N) is 4. The van der Waals surface area contributed by atoms with Crippen LogP contribution in [0.1, 0.15) is 34.7 Å². The summed E-state index contributed by atoms with van der Waals surface area (Å²) in [5, 5.41) is 6.29. The highest BCUT2D eigenvalue weighted by Gasteiger charge is 2.38. The third-order valence-corrected chi connectivity index (χ3v) is 7.03. The number of amides is 2. The lowest BCUT2D eigenvalue weighted by molar-refractivity contribution is -0.140. The molecule has 3 aliphatic rings. The van der Waals surface area contributed by atoms with Crippen LogP contribution in [0.2, 0.25) is 0 Å². The average Bonchev–Trinajstić information content (AvgIpc) is 3.47. The van der Waals surface area contributed by atoms with E-state index in [1.165, 1.54) is 6.07 Å². The quantitative estimate of drug-likeness (QED) is 0.618. The van der Waals surface area contributed by atoms with E-state index in [1.54, 1.807) is 11.1 Å². The minimum atomic E-state index is -4.75. The van der Waals surface area contributed by atoms with Gasteiger partial charge in [0.05, 0.1) is 36.5 Å². The second-order valence-corrected chi connectivity index (χ2v) is 9.66. The third-order valence-electron chi connectivity index (χ3n) is 7.03. The number of ether oxygens (including phenoxy) is 1. The van der Waals surface area contributed by atoms with Crippen LogP contribution in [0.3, 0.4) is 0 Å². The van der Waals surface area contributed by atoms with E-state index in [9.17, 15) is 22.4 Å². The number of likely N-dealkylation sites (N-methyl/N-ethyl adjacent to an activating group) is 1. The van der Waals surface area contributed by atoms with Gasteiger partial charge in [-0.2, -0.15) is 13.2 Å². The van der Waals surface area contributed by atoms with Crippen molar-refractivity contribution in [1.29, 1.82) is 0 Å². The molecule has 2 aromatic rings. The van der Waals surface area contributed by atoms with Gasteiger partial charge in [0.2, 0.25) is 5.95 Å². The Morgan fingerprint density at radius 2 is 2.08 bits per heavy atom. The predicted molar refractivity (Wildman–Crippen MR) is 123 cm³/mol. The number of halogens is 4. The van der Waals surface area contributed by atoms with Crippen LogP contribution in [0, 0.1) is 5.82 Å². The first kappa shape index (κ1) is 24.7. The Bertz CT molecular complexity index is 1120. The van der Waals surface area contributed by atoms with E-state index >= 15 is 0 Å². The molecule has 3 unspecified atom stereocenters. The van der Waals surface area contributed by atoms with Gasteiger partial charge in [0.25, 0.3) is 0 Å². The number of alkyl halides is 3. The van der Waals surface area contributed by atoms with Crippen molar-refractivity contribution in [3.05, 3.63) is 52.6 Å². The highest BCUT2D eigenvalue weighted by Crippen LogP contribution is 2.34. The number of hydrogen-bond acceptors (Lipinski definition) is 6. The van der Waals surface area contributed by atoms with Gasteiger partial charge in [0.1, 0.15) is 5.82 Å². The molecule has 2 amide bonds. The molecular formula is C24H28F4N6O2. The standard InChI is InChI=1S/C24H28F4N6O2/c1-33-10-17(14-2-3-18(19(25)8-14)24(26,27)28)21(11-33)32-23(35)34-6-4-15-9-29-22(31-20(15)12-34)30-16-5-7-36-13-16/h2-3,8-9,16-17,21H,4-7,10-13H2,1H3,(H,32,35)(H,29,30,31). The number of likely N-dealkylation sites (tertiary alicyclic amines) is 1. The third kappa shape index (κ3) is 5.24. The van der Waals surface area contributed by atoms with Crippen LogP contribution < -0.4 is 10.6 Å².